The van der Waals surface area contributed by atoms with E-state index in [1.165, 1.54) is 0 Å². The van der Waals surface area contributed by atoms with E-state index >= 15 is 0 Å². The molecule has 0 aliphatic carbocycles. The number of ether oxygens (including phenoxy) is 2. The number of hydrogen-bond donors (Lipinski definition) is 2. The van der Waals surface area contributed by atoms with E-state index in [2.05, 4.69) is 0 Å². The molecule has 1 aromatic rings. The number of hydrogen-bond acceptors (Lipinski definition) is 4. The zero-order valence-corrected chi connectivity index (χ0v) is 7.99. The van der Waals surface area contributed by atoms with Crippen LogP contribution in [0.4, 0.5) is 0 Å². The lowest BCUT2D eigenvalue weighted by atomic mass is 10.1. The molecule has 4 heteroatoms. The maximum absolute atomic E-state index is 9.75. The predicted molar refractivity (Wildman–Crippen MR) is 51.7 cm³/mol. The highest BCUT2D eigenvalue weighted by Gasteiger charge is 2.25. The Morgan fingerprint density at radius 1 is 1.64 bits per heavy atom. The quantitative estimate of drug-likeness (QED) is 0.743. The topological polar surface area (TPSA) is 64.7 Å². The monoisotopic (exact) mass is 195 g/mol. The van der Waals surface area contributed by atoms with Gasteiger partial charge in [0.25, 0.3) is 0 Å². The lowest BCUT2D eigenvalue weighted by Crippen LogP contribution is -2.10. The Kier molecular flexibility index (Phi) is 2.21. The van der Waals surface area contributed by atoms with Gasteiger partial charge in [0.1, 0.15) is 6.61 Å². The summed E-state index contributed by atoms with van der Waals surface area (Å²) in [6.07, 6.45) is 0. The molecular weight excluding hydrogens is 182 g/mol. The average molecular weight is 195 g/mol. The summed E-state index contributed by atoms with van der Waals surface area (Å²) in [6.45, 7) is 2.79. The van der Waals surface area contributed by atoms with Crippen LogP contribution >= 0.6 is 0 Å². The molecule has 0 aromatic heterocycles. The van der Waals surface area contributed by atoms with Crippen LogP contribution in [0.25, 0.3) is 0 Å². The maximum atomic E-state index is 9.75. The predicted octanol–water partition coefficient (Wildman–Crippen LogP) is 1.18. The van der Waals surface area contributed by atoms with Gasteiger partial charge in [0, 0.05) is 5.56 Å². The molecule has 0 bridgehead atoms. The summed E-state index contributed by atoms with van der Waals surface area (Å²) in [5.41, 5.74) is 6.60. The van der Waals surface area contributed by atoms with Gasteiger partial charge in [-0.3, -0.25) is 0 Å². The summed E-state index contributed by atoms with van der Waals surface area (Å²) in [7, 11) is 0. The minimum absolute atomic E-state index is 0.0531. The third kappa shape index (κ3) is 1.28. The lowest BCUT2D eigenvalue weighted by molar-refractivity contribution is 0.292. The van der Waals surface area contributed by atoms with Gasteiger partial charge in [-0.05, 0) is 19.1 Å². The number of aromatic hydroxyl groups is 1. The SMILES string of the molecule is CCOc1ccc2c(c1O)OCC2N. The molecule has 0 radical (unpaired) electrons. The second kappa shape index (κ2) is 3.38. The number of nitrogens with two attached hydrogens (primary N) is 1. The van der Waals surface area contributed by atoms with Gasteiger partial charge in [-0.15, -0.1) is 0 Å². The molecule has 0 fully saturated rings. The van der Waals surface area contributed by atoms with E-state index < -0.39 is 0 Å². The first-order valence-electron chi connectivity index (χ1n) is 4.61. The van der Waals surface area contributed by atoms with Crippen LogP contribution in [-0.2, 0) is 0 Å². The molecule has 1 aromatic carbocycles. The Morgan fingerprint density at radius 2 is 2.43 bits per heavy atom. The molecule has 0 saturated heterocycles. The van der Waals surface area contributed by atoms with Gasteiger partial charge < -0.3 is 20.3 Å². The fourth-order valence-corrected chi connectivity index (χ4v) is 1.55. The third-order valence-electron chi connectivity index (χ3n) is 2.23. The first-order chi connectivity index (χ1) is 6.74. The van der Waals surface area contributed by atoms with Crippen LogP contribution in [0.1, 0.15) is 18.5 Å². The van der Waals surface area contributed by atoms with Crippen LogP contribution in [0.2, 0.25) is 0 Å². The number of fused-ring (bicyclic) bond motifs is 1. The van der Waals surface area contributed by atoms with Crippen molar-refractivity contribution in [3.63, 3.8) is 0 Å². The van der Waals surface area contributed by atoms with Crippen molar-refractivity contribution in [3.05, 3.63) is 17.7 Å². The number of phenolic OH excluding ortho intramolecular Hbond substituents is 1. The first kappa shape index (κ1) is 9.15. The molecule has 1 heterocycles. The highest BCUT2D eigenvalue weighted by Crippen LogP contribution is 2.44. The van der Waals surface area contributed by atoms with Gasteiger partial charge in [0.15, 0.2) is 11.5 Å². The van der Waals surface area contributed by atoms with Crippen molar-refractivity contribution in [2.24, 2.45) is 5.73 Å². The molecule has 0 spiro atoms. The van der Waals surface area contributed by atoms with E-state index in [1.807, 2.05) is 13.0 Å². The van der Waals surface area contributed by atoms with Crippen molar-refractivity contribution in [1.82, 2.24) is 0 Å². The molecule has 76 valence electrons. The van der Waals surface area contributed by atoms with Crippen molar-refractivity contribution in [2.45, 2.75) is 13.0 Å². The summed E-state index contributed by atoms with van der Waals surface area (Å²) in [6, 6.07) is 3.40. The highest BCUT2D eigenvalue weighted by molar-refractivity contribution is 5.57. The van der Waals surface area contributed by atoms with Crippen molar-refractivity contribution in [3.8, 4) is 17.2 Å². The summed E-state index contributed by atoms with van der Waals surface area (Å²) >= 11 is 0. The summed E-state index contributed by atoms with van der Waals surface area (Å²) in [4.78, 5) is 0. The van der Waals surface area contributed by atoms with Crippen LogP contribution in [0.3, 0.4) is 0 Å². The Balaban J connectivity index is 2.42. The van der Waals surface area contributed by atoms with Gasteiger partial charge in [-0.1, -0.05) is 0 Å². The van der Waals surface area contributed by atoms with Gasteiger partial charge in [0.05, 0.1) is 12.6 Å². The van der Waals surface area contributed by atoms with Crippen LogP contribution in [0.15, 0.2) is 12.1 Å². The van der Waals surface area contributed by atoms with Crippen LogP contribution in [-0.4, -0.2) is 18.3 Å². The second-order valence-corrected chi connectivity index (χ2v) is 3.18. The summed E-state index contributed by atoms with van der Waals surface area (Å²) in [5, 5.41) is 9.75. The Labute approximate surface area is 82.2 Å². The van der Waals surface area contributed by atoms with Crippen molar-refractivity contribution < 1.29 is 14.6 Å². The average Bonchev–Trinajstić information content (AvgIpc) is 2.54. The Bertz CT molecular complexity index is 351. The Morgan fingerprint density at radius 3 is 3.14 bits per heavy atom. The van der Waals surface area contributed by atoms with Crippen molar-refractivity contribution in [1.29, 1.82) is 0 Å². The van der Waals surface area contributed by atoms with E-state index in [-0.39, 0.29) is 11.8 Å². The van der Waals surface area contributed by atoms with Crippen LogP contribution < -0.4 is 15.2 Å². The smallest absolute Gasteiger partial charge is 0.201 e. The molecule has 1 atom stereocenters. The molecule has 4 nitrogen and oxygen atoms in total. The third-order valence-corrected chi connectivity index (χ3v) is 2.23. The fraction of sp³-hybridized carbons (Fsp3) is 0.400. The molecule has 3 N–H and O–H groups in total. The van der Waals surface area contributed by atoms with Crippen LogP contribution in [0, 0.1) is 0 Å². The molecule has 0 saturated carbocycles. The number of phenols is 1. The van der Waals surface area contributed by atoms with Crippen LogP contribution in [0.5, 0.6) is 17.2 Å². The van der Waals surface area contributed by atoms with Gasteiger partial charge in [0.2, 0.25) is 5.75 Å². The first-order valence-corrected chi connectivity index (χ1v) is 4.61. The zero-order chi connectivity index (χ0) is 10.1. The second-order valence-electron chi connectivity index (χ2n) is 3.18. The Hall–Kier alpha value is -1.42. The molecule has 0 amide bonds. The largest absolute Gasteiger partial charge is 0.502 e. The highest BCUT2D eigenvalue weighted by atomic mass is 16.5. The normalized spacial score (nSPS) is 18.9. The number of rotatable bonds is 2. The standard InChI is InChI=1S/C10H13NO3/c1-2-13-8-4-3-6-7(11)5-14-10(6)9(8)12/h3-4,7,12H,2,5,11H2,1H3. The van der Waals surface area contributed by atoms with Gasteiger partial charge in [-0.2, -0.15) is 0 Å². The molecule has 2 rings (SSSR count). The van der Waals surface area contributed by atoms with E-state index in [4.69, 9.17) is 15.2 Å². The van der Waals surface area contributed by atoms with Gasteiger partial charge >= 0.3 is 0 Å². The summed E-state index contributed by atoms with van der Waals surface area (Å²) < 4.78 is 10.5. The molecular formula is C10H13NO3. The minimum Gasteiger partial charge on any atom is -0.502 e. The van der Waals surface area contributed by atoms with E-state index in [1.54, 1.807) is 6.07 Å². The molecule has 1 aliphatic heterocycles. The zero-order valence-electron chi connectivity index (χ0n) is 7.99. The molecule has 1 unspecified atom stereocenters. The fourth-order valence-electron chi connectivity index (χ4n) is 1.55. The lowest BCUT2D eigenvalue weighted by Gasteiger charge is -2.08. The minimum atomic E-state index is -0.147. The van der Waals surface area contributed by atoms with E-state index in [0.29, 0.717) is 24.7 Å². The molecule has 1 aliphatic rings. The number of benzene rings is 1. The maximum Gasteiger partial charge on any atom is 0.201 e. The van der Waals surface area contributed by atoms with Gasteiger partial charge in [-0.25, -0.2) is 0 Å². The summed E-state index contributed by atoms with van der Waals surface area (Å²) in [5.74, 6) is 0.959. The van der Waals surface area contributed by atoms with Crippen molar-refractivity contribution >= 4 is 0 Å². The van der Waals surface area contributed by atoms with Crippen molar-refractivity contribution in [2.75, 3.05) is 13.2 Å². The van der Waals surface area contributed by atoms with E-state index in [0.717, 1.165) is 5.56 Å². The van der Waals surface area contributed by atoms with E-state index in [9.17, 15) is 5.11 Å². The molecule has 14 heavy (non-hydrogen) atoms.